The summed E-state index contributed by atoms with van der Waals surface area (Å²) in [6, 6.07) is 7.75. The molecule has 1 aliphatic rings. The summed E-state index contributed by atoms with van der Waals surface area (Å²) in [4.78, 5) is 39.3. The number of rotatable bonds is 11. The molecule has 4 aromatic rings. The highest BCUT2D eigenvalue weighted by Gasteiger charge is 2.22. The molecule has 1 amide bonds. The van der Waals surface area contributed by atoms with Crippen LogP contribution in [-0.4, -0.2) is 87.4 Å². The van der Waals surface area contributed by atoms with E-state index in [1.54, 1.807) is 4.40 Å². The van der Waals surface area contributed by atoms with E-state index in [4.69, 9.17) is 4.98 Å². The van der Waals surface area contributed by atoms with Gasteiger partial charge in [-0.05, 0) is 74.3 Å². The van der Waals surface area contributed by atoms with Crippen LogP contribution in [-0.2, 0) is 6.54 Å². The number of benzene rings is 1. The van der Waals surface area contributed by atoms with Crippen LogP contribution in [0.1, 0.15) is 57.3 Å². The first kappa shape index (κ1) is 28.8. The van der Waals surface area contributed by atoms with Crippen LogP contribution >= 0.6 is 11.3 Å². The summed E-state index contributed by atoms with van der Waals surface area (Å²) in [5.41, 5.74) is 3.10. The molecule has 0 saturated carbocycles. The summed E-state index contributed by atoms with van der Waals surface area (Å²) in [6.45, 7) is 16.4. The van der Waals surface area contributed by atoms with E-state index in [1.807, 2.05) is 34.5 Å². The van der Waals surface area contributed by atoms with Gasteiger partial charge in [-0.1, -0.05) is 27.7 Å². The molecule has 5 rings (SSSR count). The first-order chi connectivity index (χ1) is 19.2. The fraction of sp³-hybridized carbons (Fsp3) is 0.581. The van der Waals surface area contributed by atoms with E-state index in [0.29, 0.717) is 27.9 Å². The SMILES string of the molecule is CC(C)CCN(CCC(C)C)C(=O)c1ccc2c(c1)n(CCCN1CCN(C)CC1)c1nc3ccsc3c(=O)n21. The number of amides is 1. The van der Waals surface area contributed by atoms with Gasteiger partial charge in [0.05, 0.1) is 16.6 Å². The van der Waals surface area contributed by atoms with Crippen molar-refractivity contribution in [3.63, 3.8) is 0 Å². The van der Waals surface area contributed by atoms with Crippen molar-refractivity contribution < 1.29 is 4.79 Å². The molecule has 0 unspecified atom stereocenters. The molecule has 1 saturated heterocycles. The Hall–Kier alpha value is -2.75. The highest BCUT2D eigenvalue weighted by atomic mass is 32.1. The topological polar surface area (TPSA) is 66.1 Å². The molecule has 4 heterocycles. The second kappa shape index (κ2) is 12.4. The van der Waals surface area contributed by atoms with Crippen molar-refractivity contribution in [1.82, 2.24) is 28.7 Å². The predicted octanol–water partition coefficient (Wildman–Crippen LogP) is 5.04. The molecule has 8 nitrogen and oxygen atoms in total. The number of hydrogen-bond acceptors (Lipinski definition) is 6. The van der Waals surface area contributed by atoms with Crippen molar-refractivity contribution in [3.8, 4) is 0 Å². The minimum Gasteiger partial charge on any atom is -0.339 e. The summed E-state index contributed by atoms with van der Waals surface area (Å²) in [5, 5.41) is 1.93. The van der Waals surface area contributed by atoms with Crippen LogP contribution in [0.3, 0.4) is 0 Å². The third-order valence-corrected chi connectivity index (χ3v) is 9.04. The molecule has 0 N–H and O–H groups in total. The second-order valence-electron chi connectivity index (χ2n) is 12.2. The van der Waals surface area contributed by atoms with Crippen molar-refractivity contribution in [2.75, 3.05) is 52.9 Å². The number of imidazole rings is 1. The molecule has 0 spiro atoms. The van der Waals surface area contributed by atoms with Gasteiger partial charge in [-0.3, -0.25) is 9.59 Å². The lowest BCUT2D eigenvalue weighted by atomic mass is 10.1. The number of piperazine rings is 1. The van der Waals surface area contributed by atoms with Crippen molar-refractivity contribution >= 4 is 44.3 Å². The van der Waals surface area contributed by atoms with Crippen molar-refractivity contribution in [2.45, 2.75) is 53.5 Å². The Kier molecular flexibility index (Phi) is 8.92. The number of nitrogens with zero attached hydrogens (tertiary/aromatic N) is 6. The van der Waals surface area contributed by atoms with Crippen molar-refractivity contribution in [3.05, 3.63) is 45.6 Å². The van der Waals surface area contributed by atoms with Gasteiger partial charge in [-0.2, -0.15) is 0 Å². The highest BCUT2D eigenvalue weighted by molar-refractivity contribution is 7.17. The van der Waals surface area contributed by atoms with Gasteiger partial charge < -0.3 is 19.3 Å². The molecule has 216 valence electrons. The molecule has 0 atom stereocenters. The smallest absolute Gasteiger partial charge is 0.277 e. The first-order valence-electron chi connectivity index (χ1n) is 14.8. The van der Waals surface area contributed by atoms with Gasteiger partial charge in [0, 0.05) is 51.4 Å². The Balaban J connectivity index is 1.51. The maximum Gasteiger partial charge on any atom is 0.277 e. The molecule has 0 aliphatic carbocycles. The molecular formula is C31H44N6O2S. The maximum absolute atomic E-state index is 13.8. The summed E-state index contributed by atoms with van der Waals surface area (Å²) >= 11 is 1.43. The Labute approximate surface area is 241 Å². The number of aryl methyl sites for hydroxylation is 1. The monoisotopic (exact) mass is 564 g/mol. The molecule has 40 heavy (non-hydrogen) atoms. The average molecular weight is 565 g/mol. The van der Waals surface area contributed by atoms with E-state index >= 15 is 0 Å². The molecule has 1 aromatic carbocycles. The molecular weight excluding hydrogens is 520 g/mol. The number of carbonyl (C=O) groups excluding carboxylic acids is 1. The number of aromatic nitrogens is 3. The van der Waals surface area contributed by atoms with Gasteiger partial charge in [0.2, 0.25) is 5.78 Å². The zero-order chi connectivity index (χ0) is 28.4. The Morgan fingerprint density at radius 1 is 0.975 bits per heavy atom. The van der Waals surface area contributed by atoms with Crippen LogP contribution in [0.15, 0.2) is 34.4 Å². The summed E-state index contributed by atoms with van der Waals surface area (Å²) < 4.78 is 4.57. The number of fused-ring (bicyclic) bond motifs is 4. The standard InChI is InChI=1S/C31H44N6O2S/c1-22(2)9-14-35(15-10-23(3)4)29(38)24-7-8-26-27(21-24)36(13-6-12-34-18-16-33(5)17-19-34)31-32-25-11-20-40-28(25)30(39)37(26)31/h7-8,11,20-23H,6,9-10,12-19H2,1-5H3. The van der Waals surface area contributed by atoms with Gasteiger partial charge in [0.15, 0.2) is 0 Å². The van der Waals surface area contributed by atoms with E-state index < -0.39 is 0 Å². The van der Waals surface area contributed by atoms with Crippen LogP contribution in [0.4, 0.5) is 0 Å². The van der Waals surface area contributed by atoms with E-state index in [1.165, 1.54) is 11.3 Å². The average Bonchev–Trinajstić information content (AvgIpc) is 3.52. The number of thiophene rings is 1. The van der Waals surface area contributed by atoms with Crippen LogP contribution in [0, 0.1) is 11.8 Å². The lowest BCUT2D eigenvalue weighted by molar-refractivity contribution is 0.0741. The summed E-state index contributed by atoms with van der Waals surface area (Å²) in [7, 11) is 2.18. The molecule has 9 heteroatoms. The van der Waals surface area contributed by atoms with Gasteiger partial charge in [0.25, 0.3) is 11.5 Å². The fourth-order valence-corrected chi connectivity index (χ4v) is 6.30. The van der Waals surface area contributed by atoms with Crippen LogP contribution in [0.5, 0.6) is 0 Å². The highest BCUT2D eigenvalue weighted by Crippen LogP contribution is 2.25. The van der Waals surface area contributed by atoms with E-state index in [-0.39, 0.29) is 11.5 Å². The minimum atomic E-state index is -0.0348. The summed E-state index contributed by atoms with van der Waals surface area (Å²) in [6.07, 6.45) is 2.91. The molecule has 1 fully saturated rings. The van der Waals surface area contributed by atoms with Crippen molar-refractivity contribution in [2.24, 2.45) is 11.8 Å². The molecule has 0 radical (unpaired) electrons. The Bertz CT molecular complexity index is 1510. The molecule has 1 aliphatic heterocycles. The zero-order valence-electron chi connectivity index (χ0n) is 24.7. The van der Waals surface area contributed by atoms with Crippen LogP contribution < -0.4 is 5.56 Å². The zero-order valence-corrected chi connectivity index (χ0v) is 25.5. The van der Waals surface area contributed by atoms with E-state index in [0.717, 1.165) is 88.2 Å². The Morgan fingerprint density at radius 2 is 1.68 bits per heavy atom. The second-order valence-corrected chi connectivity index (χ2v) is 13.1. The van der Waals surface area contributed by atoms with Gasteiger partial charge in [-0.15, -0.1) is 11.3 Å². The molecule has 0 bridgehead atoms. The number of hydrogen-bond donors (Lipinski definition) is 0. The quantitative estimate of drug-likeness (QED) is 0.256. The van der Waals surface area contributed by atoms with Crippen LogP contribution in [0.2, 0.25) is 0 Å². The van der Waals surface area contributed by atoms with E-state index in [9.17, 15) is 9.59 Å². The third-order valence-electron chi connectivity index (χ3n) is 8.15. The largest absolute Gasteiger partial charge is 0.339 e. The summed E-state index contributed by atoms with van der Waals surface area (Å²) in [5.74, 6) is 1.79. The lowest BCUT2D eigenvalue weighted by Gasteiger charge is -2.32. The van der Waals surface area contributed by atoms with E-state index in [2.05, 4.69) is 49.1 Å². The third kappa shape index (κ3) is 6.11. The number of carbonyl (C=O) groups is 1. The maximum atomic E-state index is 13.8. The van der Waals surface area contributed by atoms with Gasteiger partial charge in [-0.25, -0.2) is 9.38 Å². The lowest BCUT2D eigenvalue weighted by Crippen LogP contribution is -2.44. The Morgan fingerprint density at radius 3 is 2.35 bits per heavy atom. The first-order valence-corrected chi connectivity index (χ1v) is 15.7. The molecule has 3 aromatic heterocycles. The normalized spacial score (nSPS) is 15.4. The predicted molar refractivity (Wildman–Crippen MR) is 166 cm³/mol. The van der Waals surface area contributed by atoms with Crippen LogP contribution in [0.25, 0.3) is 27.0 Å². The number of likely N-dealkylation sites (N-methyl/N-ethyl adjacent to an activating group) is 1. The van der Waals surface area contributed by atoms with Gasteiger partial charge >= 0.3 is 0 Å². The van der Waals surface area contributed by atoms with Gasteiger partial charge in [0.1, 0.15) is 4.70 Å². The minimum absolute atomic E-state index is 0.0348. The fourth-order valence-electron chi connectivity index (χ4n) is 5.54. The van der Waals surface area contributed by atoms with Crippen molar-refractivity contribution in [1.29, 1.82) is 0 Å².